The molecule has 1 aromatic rings. The zero-order valence-electron chi connectivity index (χ0n) is 8.52. The predicted octanol–water partition coefficient (Wildman–Crippen LogP) is 1.26. The van der Waals surface area contributed by atoms with Crippen molar-refractivity contribution in [2.24, 2.45) is 0 Å². The molecule has 0 atom stereocenters. The number of aryl methyl sites for hydroxylation is 1. The van der Waals surface area contributed by atoms with Gasteiger partial charge in [0.2, 0.25) is 0 Å². The van der Waals surface area contributed by atoms with Gasteiger partial charge in [0.1, 0.15) is 4.88 Å². The molecule has 1 aliphatic heterocycles. The summed E-state index contributed by atoms with van der Waals surface area (Å²) in [5.74, 6) is 0.0875. The zero-order chi connectivity index (χ0) is 10.8. The molecule has 2 heterocycles. The van der Waals surface area contributed by atoms with Crippen LogP contribution in [0, 0.1) is 6.92 Å². The first-order valence-corrected chi connectivity index (χ1v) is 5.72. The Kier molecular flexibility index (Phi) is 2.81. The number of piperidine rings is 1. The number of carbonyl (C=O) groups is 2. The summed E-state index contributed by atoms with van der Waals surface area (Å²) < 4.78 is 0. The number of carbonyl (C=O) groups excluding carboxylic acids is 2. The molecular formula is C10H12N2O2S. The Hall–Kier alpha value is -1.23. The van der Waals surface area contributed by atoms with Crippen LogP contribution in [0.4, 0.5) is 0 Å². The molecule has 2 rings (SSSR count). The Morgan fingerprint density at radius 3 is 3.00 bits per heavy atom. The van der Waals surface area contributed by atoms with E-state index in [1.54, 1.807) is 11.1 Å². The third kappa shape index (κ3) is 2.23. The van der Waals surface area contributed by atoms with Crippen LogP contribution in [0.25, 0.3) is 0 Å². The molecule has 0 aliphatic carbocycles. The van der Waals surface area contributed by atoms with Gasteiger partial charge in [0.05, 0.1) is 17.7 Å². The van der Waals surface area contributed by atoms with E-state index in [1.165, 1.54) is 11.3 Å². The maximum atomic E-state index is 11.9. The molecule has 15 heavy (non-hydrogen) atoms. The normalized spacial score (nSPS) is 16.9. The summed E-state index contributed by atoms with van der Waals surface area (Å²) in [4.78, 5) is 29.4. The van der Waals surface area contributed by atoms with Crippen molar-refractivity contribution in [3.63, 3.8) is 0 Å². The number of nitrogens with zero attached hydrogens (tertiary/aromatic N) is 2. The smallest absolute Gasteiger partial charge is 0.265 e. The third-order valence-corrected chi connectivity index (χ3v) is 3.27. The Morgan fingerprint density at radius 2 is 2.40 bits per heavy atom. The molecule has 5 heteroatoms. The van der Waals surface area contributed by atoms with Gasteiger partial charge in [-0.25, -0.2) is 4.98 Å². The standard InChI is InChI=1S/C10H12N2O2S/c1-7-11-5-9(15-7)10(14)12-4-2-3-8(13)6-12/h5H,2-4,6H2,1H3. The third-order valence-electron chi connectivity index (χ3n) is 2.37. The van der Waals surface area contributed by atoms with Crippen molar-refractivity contribution in [1.29, 1.82) is 0 Å². The molecule has 0 aromatic carbocycles. The van der Waals surface area contributed by atoms with Crippen molar-refractivity contribution < 1.29 is 9.59 Å². The second-order valence-corrected chi connectivity index (χ2v) is 4.85. The first-order chi connectivity index (χ1) is 7.16. The number of hydrogen-bond donors (Lipinski definition) is 0. The van der Waals surface area contributed by atoms with E-state index in [1.807, 2.05) is 6.92 Å². The van der Waals surface area contributed by atoms with Crippen molar-refractivity contribution in [3.05, 3.63) is 16.1 Å². The average molecular weight is 224 g/mol. The summed E-state index contributed by atoms with van der Waals surface area (Å²) in [6, 6.07) is 0. The van der Waals surface area contributed by atoms with Gasteiger partial charge in [0, 0.05) is 13.0 Å². The van der Waals surface area contributed by atoms with E-state index >= 15 is 0 Å². The van der Waals surface area contributed by atoms with E-state index in [4.69, 9.17) is 0 Å². The van der Waals surface area contributed by atoms with Crippen molar-refractivity contribution >= 4 is 23.0 Å². The van der Waals surface area contributed by atoms with Gasteiger partial charge < -0.3 is 4.90 Å². The highest BCUT2D eigenvalue weighted by molar-refractivity contribution is 7.13. The molecule has 1 amide bonds. The van der Waals surface area contributed by atoms with Gasteiger partial charge in [-0.15, -0.1) is 11.3 Å². The van der Waals surface area contributed by atoms with Gasteiger partial charge >= 0.3 is 0 Å². The van der Waals surface area contributed by atoms with E-state index in [0.717, 1.165) is 11.4 Å². The van der Waals surface area contributed by atoms with Gasteiger partial charge in [-0.1, -0.05) is 0 Å². The molecule has 0 spiro atoms. The predicted molar refractivity (Wildman–Crippen MR) is 57.0 cm³/mol. The fourth-order valence-corrected chi connectivity index (χ4v) is 2.37. The minimum atomic E-state index is -0.0614. The molecule has 0 radical (unpaired) electrons. The highest BCUT2D eigenvalue weighted by atomic mass is 32.1. The molecule has 1 saturated heterocycles. The summed E-state index contributed by atoms with van der Waals surface area (Å²) in [7, 11) is 0. The number of Topliss-reactive ketones (excluding diaryl/α,β-unsaturated/α-hetero) is 1. The first kappa shape index (κ1) is 10.3. The topological polar surface area (TPSA) is 50.3 Å². The molecule has 1 fully saturated rings. The van der Waals surface area contributed by atoms with Crippen LogP contribution in [0.3, 0.4) is 0 Å². The lowest BCUT2D eigenvalue weighted by molar-refractivity contribution is -0.121. The lowest BCUT2D eigenvalue weighted by atomic mass is 10.1. The van der Waals surface area contributed by atoms with Crippen LogP contribution >= 0.6 is 11.3 Å². The lowest BCUT2D eigenvalue weighted by Gasteiger charge is -2.24. The number of thiazole rings is 1. The molecule has 4 nitrogen and oxygen atoms in total. The van der Waals surface area contributed by atoms with Crippen LogP contribution in [-0.2, 0) is 4.79 Å². The van der Waals surface area contributed by atoms with Gasteiger partial charge in [-0.2, -0.15) is 0 Å². The van der Waals surface area contributed by atoms with E-state index in [0.29, 0.717) is 17.8 Å². The van der Waals surface area contributed by atoms with Crippen LogP contribution in [0.1, 0.15) is 27.5 Å². The average Bonchev–Trinajstić information content (AvgIpc) is 2.64. The lowest BCUT2D eigenvalue weighted by Crippen LogP contribution is -2.39. The van der Waals surface area contributed by atoms with E-state index in [-0.39, 0.29) is 18.2 Å². The summed E-state index contributed by atoms with van der Waals surface area (Å²) >= 11 is 1.38. The second kappa shape index (κ2) is 4.10. The van der Waals surface area contributed by atoms with Crippen molar-refractivity contribution in [2.75, 3.05) is 13.1 Å². The second-order valence-electron chi connectivity index (χ2n) is 3.61. The first-order valence-electron chi connectivity index (χ1n) is 4.90. The Bertz CT molecular complexity index is 400. The van der Waals surface area contributed by atoms with Crippen LogP contribution in [0.2, 0.25) is 0 Å². The molecule has 0 N–H and O–H groups in total. The Morgan fingerprint density at radius 1 is 1.60 bits per heavy atom. The molecule has 80 valence electrons. The van der Waals surface area contributed by atoms with Gasteiger partial charge in [-0.05, 0) is 13.3 Å². The maximum Gasteiger partial charge on any atom is 0.265 e. The zero-order valence-corrected chi connectivity index (χ0v) is 9.34. The van der Waals surface area contributed by atoms with Crippen molar-refractivity contribution in [1.82, 2.24) is 9.88 Å². The number of rotatable bonds is 1. The molecule has 1 aliphatic rings. The maximum absolute atomic E-state index is 11.9. The summed E-state index contributed by atoms with van der Waals surface area (Å²) in [5.41, 5.74) is 0. The Labute approximate surface area is 91.9 Å². The van der Waals surface area contributed by atoms with E-state index in [2.05, 4.69) is 4.98 Å². The minimum absolute atomic E-state index is 0.0614. The van der Waals surface area contributed by atoms with Gasteiger partial charge in [0.25, 0.3) is 5.91 Å². The summed E-state index contributed by atoms with van der Waals surface area (Å²) in [6.45, 7) is 2.81. The molecule has 0 unspecified atom stereocenters. The highest BCUT2D eigenvalue weighted by Gasteiger charge is 2.23. The van der Waals surface area contributed by atoms with Gasteiger partial charge in [0.15, 0.2) is 5.78 Å². The summed E-state index contributed by atoms with van der Waals surface area (Å²) in [6.07, 6.45) is 2.97. The Balaban J connectivity index is 2.10. The molecule has 0 bridgehead atoms. The largest absolute Gasteiger partial charge is 0.331 e. The molecule has 0 saturated carbocycles. The number of likely N-dealkylation sites (tertiary alicyclic amines) is 1. The van der Waals surface area contributed by atoms with Crippen LogP contribution in [0.5, 0.6) is 0 Å². The van der Waals surface area contributed by atoms with E-state index in [9.17, 15) is 9.59 Å². The fourth-order valence-electron chi connectivity index (χ4n) is 1.63. The molecular weight excluding hydrogens is 212 g/mol. The SMILES string of the molecule is Cc1ncc(C(=O)N2CCCC(=O)C2)s1. The summed E-state index contributed by atoms with van der Waals surface area (Å²) in [5, 5.41) is 0.877. The number of aromatic nitrogens is 1. The van der Waals surface area contributed by atoms with Crippen molar-refractivity contribution in [2.45, 2.75) is 19.8 Å². The van der Waals surface area contributed by atoms with Crippen LogP contribution in [0.15, 0.2) is 6.20 Å². The highest BCUT2D eigenvalue weighted by Crippen LogP contribution is 2.16. The fraction of sp³-hybridized carbons (Fsp3) is 0.500. The van der Waals surface area contributed by atoms with Gasteiger partial charge in [-0.3, -0.25) is 9.59 Å². The van der Waals surface area contributed by atoms with E-state index < -0.39 is 0 Å². The number of hydrogen-bond acceptors (Lipinski definition) is 4. The minimum Gasteiger partial charge on any atom is -0.331 e. The van der Waals surface area contributed by atoms with Crippen LogP contribution < -0.4 is 0 Å². The number of amides is 1. The monoisotopic (exact) mass is 224 g/mol. The molecule has 1 aromatic heterocycles. The quantitative estimate of drug-likeness (QED) is 0.721. The number of ketones is 1. The van der Waals surface area contributed by atoms with Crippen molar-refractivity contribution in [3.8, 4) is 0 Å². The van der Waals surface area contributed by atoms with Crippen LogP contribution in [-0.4, -0.2) is 34.7 Å².